The number of aryl methyl sites for hydroxylation is 2. The van der Waals surface area contributed by atoms with Gasteiger partial charge in [0, 0.05) is 5.56 Å². The molecule has 0 heterocycles. The summed E-state index contributed by atoms with van der Waals surface area (Å²) in [5, 5.41) is 0. The molecular weight excluding hydrogens is 200 g/mol. The van der Waals surface area contributed by atoms with Gasteiger partial charge in [-0.25, -0.2) is 0 Å². The molecule has 0 unspecified atom stereocenters. The van der Waals surface area contributed by atoms with Crippen LogP contribution in [-0.4, -0.2) is 12.4 Å². The Morgan fingerprint density at radius 3 is 2.25 bits per heavy atom. The SMILES string of the molecule is Cc1cc(C=O)cc(C)c1OC1CCCC1. The van der Waals surface area contributed by atoms with E-state index in [9.17, 15) is 4.79 Å². The summed E-state index contributed by atoms with van der Waals surface area (Å²) in [6.07, 6.45) is 6.13. The first-order chi connectivity index (χ1) is 7.70. The fraction of sp³-hybridized carbons (Fsp3) is 0.500. The maximum atomic E-state index is 10.7. The van der Waals surface area contributed by atoms with E-state index in [2.05, 4.69) is 0 Å². The molecular formula is C14H18O2. The van der Waals surface area contributed by atoms with E-state index in [-0.39, 0.29) is 0 Å². The van der Waals surface area contributed by atoms with Gasteiger partial charge in [-0.3, -0.25) is 4.79 Å². The predicted molar refractivity (Wildman–Crippen MR) is 64.2 cm³/mol. The van der Waals surface area contributed by atoms with E-state index in [1.165, 1.54) is 12.8 Å². The summed E-state index contributed by atoms with van der Waals surface area (Å²) in [6, 6.07) is 3.79. The van der Waals surface area contributed by atoms with Gasteiger partial charge >= 0.3 is 0 Å². The molecule has 0 aliphatic heterocycles. The lowest BCUT2D eigenvalue weighted by atomic mass is 10.1. The Balaban J connectivity index is 2.22. The smallest absolute Gasteiger partial charge is 0.150 e. The Bertz CT molecular complexity index is 367. The van der Waals surface area contributed by atoms with Gasteiger partial charge in [0.05, 0.1) is 6.10 Å². The normalized spacial score (nSPS) is 16.4. The predicted octanol–water partition coefficient (Wildman–Crippen LogP) is 3.44. The summed E-state index contributed by atoms with van der Waals surface area (Å²) in [4.78, 5) is 10.7. The third kappa shape index (κ3) is 2.26. The van der Waals surface area contributed by atoms with Gasteiger partial charge in [0.15, 0.2) is 0 Å². The first-order valence-corrected chi connectivity index (χ1v) is 5.94. The quantitative estimate of drug-likeness (QED) is 0.726. The van der Waals surface area contributed by atoms with Gasteiger partial charge in [0.25, 0.3) is 0 Å². The van der Waals surface area contributed by atoms with Crippen LogP contribution in [0.5, 0.6) is 5.75 Å². The van der Waals surface area contributed by atoms with Gasteiger partial charge in [0.2, 0.25) is 0 Å². The van der Waals surface area contributed by atoms with Crippen LogP contribution in [0.3, 0.4) is 0 Å². The van der Waals surface area contributed by atoms with Crippen LogP contribution >= 0.6 is 0 Å². The third-order valence-electron chi connectivity index (χ3n) is 3.21. The minimum atomic E-state index is 0.375. The topological polar surface area (TPSA) is 26.3 Å². The van der Waals surface area contributed by atoms with Crippen molar-refractivity contribution >= 4 is 6.29 Å². The zero-order valence-electron chi connectivity index (χ0n) is 9.95. The Labute approximate surface area is 96.6 Å². The van der Waals surface area contributed by atoms with E-state index in [1.807, 2.05) is 26.0 Å². The van der Waals surface area contributed by atoms with Crippen LogP contribution in [-0.2, 0) is 0 Å². The second-order valence-corrected chi connectivity index (χ2v) is 4.63. The Morgan fingerprint density at radius 2 is 1.75 bits per heavy atom. The molecule has 1 fully saturated rings. The highest BCUT2D eigenvalue weighted by atomic mass is 16.5. The van der Waals surface area contributed by atoms with Crippen LogP contribution in [0.4, 0.5) is 0 Å². The average molecular weight is 218 g/mol. The molecule has 0 bridgehead atoms. The van der Waals surface area contributed by atoms with Gasteiger partial charge < -0.3 is 4.74 Å². The molecule has 0 spiro atoms. The minimum Gasteiger partial charge on any atom is -0.490 e. The molecule has 1 saturated carbocycles. The fourth-order valence-electron chi connectivity index (χ4n) is 2.41. The number of rotatable bonds is 3. The third-order valence-corrected chi connectivity index (χ3v) is 3.21. The number of ether oxygens (including phenoxy) is 1. The highest BCUT2D eigenvalue weighted by Crippen LogP contribution is 2.29. The minimum absolute atomic E-state index is 0.375. The van der Waals surface area contributed by atoms with Gasteiger partial charge in [0.1, 0.15) is 12.0 Å². The van der Waals surface area contributed by atoms with E-state index >= 15 is 0 Å². The molecule has 0 atom stereocenters. The van der Waals surface area contributed by atoms with Crippen molar-refractivity contribution in [1.82, 2.24) is 0 Å². The second-order valence-electron chi connectivity index (χ2n) is 4.63. The first kappa shape index (κ1) is 11.2. The molecule has 0 amide bonds. The largest absolute Gasteiger partial charge is 0.490 e. The van der Waals surface area contributed by atoms with E-state index in [4.69, 9.17) is 4.74 Å². The maximum absolute atomic E-state index is 10.7. The molecule has 16 heavy (non-hydrogen) atoms. The fourth-order valence-corrected chi connectivity index (χ4v) is 2.41. The number of hydrogen-bond acceptors (Lipinski definition) is 2. The van der Waals surface area contributed by atoms with E-state index in [1.54, 1.807) is 0 Å². The highest BCUT2D eigenvalue weighted by molar-refractivity contribution is 5.76. The summed E-state index contributed by atoms with van der Waals surface area (Å²) < 4.78 is 6.02. The molecule has 1 aromatic carbocycles. The Hall–Kier alpha value is -1.31. The molecule has 2 nitrogen and oxygen atoms in total. The van der Waals surface area contributed by atoms with E-state index in [0.29, 0.717) is 6.10 Å². The second kappa shape index (κ2) is 4.69. The van der Waals surface area contributed by atoms with Crippen molar-refractivity contribution < 1.29 is 9.53 Å². The molecule has 2 rings (SSSR count). The van der Waals surface area contributed by atoms with E-state index in [0.717, 1.165) is 41.6 Å². The molecule has 0 saturated heterocycles. The Morgan fingerprint density at radius 1 is 1.19 bits per heavy atom. The standard InChI is InChI=1S/C14H18O2/c1-10-7-12(9-15)8-11(2)14(10)16-13-5-3-4-6-13/h7-9,13H,3-6H2,1-2H3. The lowest BCUT2D eigenvalue weighted by Crippen LogP contribution is -2.12. The van der Waals surface area contributed by atoms with Crippen LogP contribution in [0.25, 0.3) is 0 Å². The van der Waals surface area contributed by atoms with Crippen LogP contribution in [0.2, 0.25) is 0 Å². The van der Waals surface area contributed by atoms with E-state index < -0.39 is 0 Å². The van der Waals surface area contributed by atoms with Crippen molar-refractivity contribution in [3.63, 3.8) is 0 Å². The van der Waals surface area contributed by atoms with Crippen molar-refractivity contribution in [2.24, 2.45) is 0 Å². The highest BCUT2D eigenvalue weighted by Gasteiger charge is 2.18. The van der Waals surface area contributed by atoms with Gasteiger partial charge in [-0.1, -0.05) is 0 Å². The van der Waals surface area contributed by atoms with Gasteiger partial charge in [-0.15, -0.1) is 0 Å². The molecule has 86 valence electrons. The Kier molecular flexibility index (Phi) is 3.28. The molecule has 1 aliphatic carbocycles. The molecule has 1 aromatic rings. The average Bonchev–Trinajstić information content (AvgIpc) is 2.75. The molecule has 2 heteroatoms. The summed E-state index contributed by atoms with van der Waals surface area (Å²) in [5.74, 6) is 0.970. The summed E-state index contributed by atoms with van der Waals surface area (Å²) in [5.41, 5.74) is 2.86. The number of carbonyl (C=O) groups excluding carboxylic acids is 1. The molecule has 0 N–H and O–H groups in total. The lowest BCUT2D eigenvalue weighted by Gasteiger charge is -2.17. The number of carbonyl (C=O) groups is 1. The summed E-state index contributed by atoms with van der Waals surface area (Å²) >= 11 is 0. The van der Waals surface area contributed by atoms with Gasteiger partial charge in [-0.2, -0.15) is 0 Å². The van der Waals surface area contributed by atoms with Crippen LogP contribution in [0.15, 0.2) is 12.1 Å². The molecule has 0 radical (unpaired) electrons. The number of aldehydes is 1. The lowest BCUT2D eigenvalue weighted by molar-refractivity contribution is 0.112. The maximum Gasteiger partial charge on any atom is 0.150 e. The zero-order chi connectivity index (χ0) is 11.5. The zero-order valence-corrected chi connectivity index (χ0v) is 9.95. The monoisotopic (exact) mass is 218 g/mol. The number of benzene rings is 1. The molecule has 0 aromatic heterocycles. The first-order valence-electron chi connectivity index (χ1n) is 5.94. The molecule has 1 aliphatic rings. The van der Waals surface area contributed by atoms with Crippen molar-refractivity contribution in [3.8, 4) is 5.75 Å². The van der Waals surface area contributed by atoms with Crippen molar-refractivity contribution in [3.05, 3.63) is 28.8 Å². The number of hydrogen-bond donors (Lipinski definition) is 0. The van der Waals surface area contributed by atoms with Crippen molar-refractivity contribution in [2.45, 2.75) is 45.6 Å². The van der Waals surface area contributed by atoms with Crippen molar-refractivity contribution in [1.29, 1.82) is 0 Å². The van der Waals surface area contributed by atoms with Gasteiger partial charge in [-0.05, 0) is 62.8 Å². The van der Waals surface area contributed by atoms with Crippen LogP contribution < -0.4 is 4.74 Å². The van der Waals surface area contributed by atoms with Crippen LogP contribution in [0, 0.1) is 13.8 Å². The van der Waals surface area contributed by atoms with Crippen LogP contribution in [0.1, 0.15) is 47.2 Å². The summed E-state index contributed by atoms with van der Waals surface area (Å²) in [7, 11) is 0. The summed E-state index contributed by atoms with van der Waals surface area (Å²) in [6.45, 7) is 4.01. The van der Waals surface area contributed by atoms with Crippen molar-refractivity contribution in [2.75, 3.05) is 0 Å².